The number of halogens is 2. The molecule has 2 N–H and O–H groups in total. The smallest absolute Gasteiger partial charge is 0.351 e. The average molecular weight is 357 g/mol. The van der Waals surface area contributed by atoms with E-state index in [-0.39, 0.29) is 11.9 Å². The van der Waals surface area contributed by atoms with Gasteiger partial charge in [-0.05, 0) is 31.0 Å². The molecular weight excluding hydrogens is 325 g/mol. The van der Waals surface area contributed by atoms with E-state index in [9.17, 15) is 4.39 Å². The number of nitrogens with zero attached hydrogens (tertiary/aromatic N) is 2. The van der Waals surface area contributed by atoms with Crippen LogP contribution in [0.1, 0.15) is 72.1 Å². The van der Waals surface area contributed by atoms with E-state index in [1.165, 1.54) is 19.3 Å². The fourth-order valence-corrected chi connectivity index (χ4v) is 3.11. The van der Waals surface area contributed by atoms with E-state index in [4.69, 9.17) is 17.3 Å². The molecule has 1 aliphatic rings. The van der Waals surface area contributed by atoms with Gasteiger partial charge in [0.1, 0.15) is 0 Å². The molecule has 1 rings (SSSR count). The second kappa shape index (κ2) is 11.5. The summed E-state index contributed by atoms with van der Waals surface area (Å²) in [5.41, 5.74) is 6.86. The Morgan fingerprint density at radius 3 is 2.71 bits per heavy atom. The van der Waals surface area contributed by atoms with Crippen LogP contribution in [0.5, 0.6) is 0 Å². The molecule has 0 saturated carbocycles. The summed E-state index contributed by atoms with van der Waals surface area (Å²) in [5.74, 6) is -0.363. The molecule has 0 spiro atoms. The zero-order chi connectivity index (χ0) is 17.9. The highest BCUT2D eigenvalue weighted by atomic mass is 35.5. The van der Waals surface area contributed by atoms with E-state index < -0.39 is 0 Å². The SMILES string of the molecule is CCCCCCC#[N+]C(C)=C(F)C(=C(C)Cl)N1CCCCC(N)C1. The van der Waals surface area contributed by atoms with E-state index in [0.717, 1.165) is 38.6 Å². The highest BCUT2D eigenvalue weighted by molar-refractivity contribution is 6.29. The Morgan fingerprint density at radius 1 is 1.29 bits per heavy atom. The minimum Gasteiger partial charge on any atom is -0.366 e. The molecule has 24 heavy (non-hydrogen) atoms. The van der Waals surface area contributed by atoms with Gasteiger partial charge >= 0.3 is 5.70 Å². The van der Waals surface area contributed by atoms with Crippen molar-refractivity contribution in [3.8, 4) is 6.07 Å². The topological polar surface area (TPSA) is 33.6 Å². The standard InChI is InChI=1S/C19H32ClFN3/c1-4-5-6-7-9-12-23-16(3)18(21)19(15(2)20)24-13-10-8-11-17(22)14-24/h17H,4-11,13-14,22H2,1-3H3/q+1. The number of hydrogen-bond donors (Lipinski definition) is 1. The Labute approximate surface area is 151 Å². The Kier molecular flexibility index (Phi) is 10.1. The summed E-state index contributed by atoms with van der Waals surface area (Å²) in [6.07, 6.45) is 8.44. The number of likely N-dealkylation sites (tertiary alicyclic amines) is 1. The lowest BCUT2D eigenvalue weighted by molar-refractivity contribution is 0.330. The van der Waals surface area contributed by atoms with Crippen LogP contribution in [0.25, 0.3) is 4.85 Å². The van der Waals surface area contributed by atoms with Gasteiger partial charge in [0.05, 0.1) is 12.1 Å². The second-order valence-electron chi connectivity index (χ2n) is 6.56. The highest BCUT2D eigenvalue weighted by Crippen LogP contribution is 2.28. The van der Waals surface area contributed by atoms with Crippen molar-refractivity contribution in [3.05, 3.63) is 27.1 Å². The molecule has 1 saturated heterocycles. The van der Waals surface area contributed by atoms with Gasteiger partial charge < -0.3 is 10.6 Å². The van der Waals surface area contributed by atoms with Crippen molar-refractivity contribution in [3.63, 3.8) is 0 Å². The largest absolute Gasteiger partial charge is 0.366 e. The van der Waals surface area contributed by atoms with Crippen LogP contribution in [-0.2, 0) is 0 Å². The molecule has 1 unspecified atom stereocenters. The molecular formula is C19H32ClFN3+. The van der Waals surface area contributed by atoms with Crippen LogP contribution in [-0.4, -0.2) is 24.0 Å². The number of allylic oxidation sites excluding steroid dienone is 3. The predicted octanol–water partition coefficient (Wildman–Crippen LogP) is 5.77. The Hall–Kier alpha value is -1.05. The van der Waals surface area contributed by atoms with E-state index in [1.54, 1.807) is 13.8 Å². The summed E-state index contributed by atoms with van der Waals surface area (Å²) in [6, 6.07) is 3.02. The van der Waals surface area contributed by atoms with Gasteiger partial charge in [0.15, 0.2) is 0 Å². The lowest BCUT2D eigenvalue weighted by atomic mass is 10.1. The van der Waals surface area contributed by atoms with Crippen molar-refractivity contribution in [2.24, 2.45) is 5.73 Å². The Balaban J connectivity index is 2.83. The highest BCUT2D eigenvalue weighted by Gasteiger charge is 2.26. The molecule has 0 bridgehead atoms. The molecule has 1 heterocycles. The zero-order valence-corrected chi connectivity index (χ0v) is 16.1. The first kappa shape index (κ1) is 21.0. The zero-order valence-electron chi connectivity index (χ0n) is 15.4. The van der Waals surface area contributed by atoms with Crippen molar-refractivity contribution in [1.29, 1.82) is 0 Å². The lowest BCUT2D eigenvalue weighted by Crippen LogP contribution is -2.35. The van der Waals surface area contributed by atoms with Crippen LogP contribution >= 0.6 is 11.6 Å². The number of hydrogen-bond acceptors (Lipinski definition) is 2. The Morgan fingerprint density at radius 2 is 2.04 bits per heavy atom. The summed E-state index contributed by atoms with van der Waals surface area (Å²) >= 11 is 6.20. The summed E-state index contributed by atoms with van der Waals surface area (Å²) in [4.78, 5) is 6.13. The van der Waals surface area contributed by atoms with Crippen molar-refractivity contribution in [2.75, 3.05) is 13.1 Å². The summed E-state index contributed by atoms with van der Waals surface area (Å²) < 4.78 is 14.9. The number of rotatable bonds is 6. The molecule has 136 valence electrons. The molecule has 1 aliphatic heterocycles. The average Bonchev–Trinajstić information content (AvgIpc) is 2.74. The number of nitrogens with two attached hydrogens (primary N) is 1. The molecule has 1 fully saturated rings. The molecule has 0 amide bonds. The molecule has 0 aromatic heterocycles. The first-order chi connectivity index (χ1) is 11.5. The van der Waals surface area contributed by atoms with Crippen molar-refractivity contribution >= 4 is 11.6 Å². The Bertz CT molecular complexity index is 512. The van der Waals surface area contributed by atoms with Gasteiger partial charge in [-0.3, -0.25) is 0 Å². The van der Waals surface area contributed by atoms with Crippen LogP contribution < -0.4 is 5.73 Å². The van der Waals surface area contributed by atoms with Gasteiger partial charge in [-0.1, -0.05) is 44.2 Å². The quantitative estimate of drug-likeness (QED) is 0.483. The number of unbranched alkanes of at least 4 members (excludes halogenated alkanes) is 4. The molecule has 0 radical (unpaired) electrons. The maximum absolute atomic E-state index is 14.9. The minimum absolute atomic E-state index is 0.0558. The van der Waals surface area contributed by atoms with Crippen LogP contribution in [0.3, 0.4) is 0 Å². The van der Waals surface area contributed by atoms with Crippen LogP contribution in [0.4, 0.5) is 4.39 Å². The van der Waals surface area contributed by atoms with Crippen LogP contribution in [0.2, 0.25) is 0 Å². The summed E-state index contributed by atoms with van der Waals surface area (Å²) in [6.45, 7) is 6.98. The van der Waals surface area contributed by atoms with E-state index in [2.05, 4.69) is 17.8 Å². The maximum Gasteiger partial charge on any atom is 0.351 e. The third-order valence-corrected chi connectivity index (χ3v) is 4.44. The first-order valence-corrected chi connectivity index (χ1v) is 9.52. The van der Waals surface area contributed by atoms with Gasteiger partial charge in [-0.25, -0.2) is 0 Å². The maximum atomic E-state index is 14.9. The van der Waals surface area contributed by atoms with Gasteiger partial charge in [0, 0.05) is 31.1 Å². The monoisotopic (exact) mass is 356 g/mol. The lowest BCUT2D eigenvalue weighted by Gasteiger charge is -2.26. The molecule has 1 atom stereocenters. The van der Waals surface area contributed by atoms with Gasteiger partial charge in [-0.2, -0.15) is 4.39 Å². The van der Waals surface area contributed by atoms with Crippen molar-refractivity contribution in [2.45, 2.75) is 78.2 Å². The summed E-state index contributed by atoms with van der Waals surface area (Å²) in [7, 11) is 0. The fourth-order valence-electron chi connectivity index (χ4n) is 2.91. The predicted molar refractivity (Wildman–Crippen MR) is 102 cm³/mol. The molecule has 3 nitrogen and oxygen atoms in total. The molecule has 0 aromatic rings. The van der Waals surface area contributed by atoms with Crippen LogP contribution in [0, 0.1) is 6.07 Å². The van der Waals surface area contributed by atoms with E-state index >= 15 is 0 Å². The fraction of sp³-hybridized carbons (Fsp3) is 0.737. The van der Waals surface area contributed by atoms with Gasteiger partial charge in [-0.15, -0.1) is 0 Å². The third kappa shape index (κ3) is 7.23. The van der Waals surface area contributed by atoms with Crippen LogP contribution in [0.15, 0.2) is 22.3 Å². The van der Waals surface area contributed by atoms with E-state index in [1.807, 2.05) is 4.90 Å². The van der Waals surface area contributed by atoms with Gasteiger partial charge in [0.2, 0.25) is 5.83 Å². The normalized spacial score (nSPS) is 20.6. The first-order valence-electron chi connectivity index (χ1n) is 9.14. The minimum atomic E-state index is -0.363. The molecule has 5 heteroatoms. The second-order valence-corrected chi connectivity index (χ2v) is 7.13. The molecule has 0 aromatic carbocycles. The van der Waals surface area contributed by atoms with Crippen molar-refractivity contribution < 1.29 is 4.39 Å². The third-order valence-electron chi connectivity index (χ3n) is 4.26. The summed E-state index contributed by atoms with van der Waals surface area (Å²) in [5, 5.41) is 0.444. The van der Waals surface area contributed by atoms with E-state index in [0.29, 0.717) is 23.0 Å². The molecule has 0 aliphatic carbocycles. The van der Waals surface area contributed by atoms with Gasteiger partial charge in [0.25, 0.3) is 6.07 Å². The van der Waals surface area contributed by atoms with Crippen molar-refractivity contribution in [1.82, 2.24) is 4.90 Å².